The number of allylic oxidation sites excluding steroid dienone is 4. The Morgan fingerprint density at radius 2 is 1.47 bits per heavy atom. The number of oxime groups is 1. The van der Waals surface area contributed by atoms with Crippen LogP contribution >= 0.6 is 0 Å². The lowest BCUT2D eigenvalue weighted by Gasteiger charge is -2.23. The van der Waals surface area contributed by atoms with Crippen molar-refractivity contribution >= 4 is 51.5 Å². The summed E-state index contributed by atoms with van der Waals surface area (Å²) in [4.78, 5) is 49.4. The maximum Gasteiger partial charge on any atom is 0.332 e. The Morgan fingerprint density at radius 1 is 0.882 bits per heavy atom. The van der Waals surface area contributed by atoms with Gasteiger partial charge in [-0.05, 0) is 83.9 Å². The molecule has 0 fully saturated rings. The van der Waals surface area contributed by atoms with E-state index < -0.39 is 5.97 Å². The first-order chi connectivity index (χ1) is 24.4. The molecule has 3 aromatic carbocycles. The average Bonchev–Trinajstić information content (AvgIpc) is 3.47. The number of ketones is 2. The van der Waals surface area contributed by atoms with Crippen LogP contribution in [0, 0.1) is 19.3 Å². The van der Waals surface area contributed by atoms with Crippen molar-refractivity contribution in [3.63, 3.8) is 0 Å². The summed E-state index contributed by atoms with van der Waals surface area (Å²) in [5.41, 5.74) is 6.37. The molecule has 1 heterocycles. The van der Waals surface area contributed by atoms with Crippen LogP contribution in [0.4, 0.5) is 0 Å². The van der Waals surface area contributed by atoms with Crippen molar-refractivity contribution in [3.05, 3.63) is 107 Å². The summed E-state index contributed by atoms with van der Waals surface area (Å²) in [5.74, 6) is -0.611. The summed E-state index contributed by atoms with van der Waals surface area (Å²) < 4.78 is 2.23. The summed E-state index contributed by atoms with van der Waals surface area (Å²) in [6.45, 7) is 25.5. The Balaban J connectivity index is 0.00000104. The number of rotatable bonds is 6. The molecule has 276 valence electrons. The van der Waals surface area contributed by atoms with Gasteiger partial charge in [0.05, 0.1) is 0 Å². The Kier molecular flexibility index (Phi) is 21.0. The largest absolute Gasteiger partial charge is 0.483 e. The lowest BCUT2D eigenvalue weighted by Crippen LogP contribution is -2.23. The van der Waals surface area contributed by atoms with Gasteiger partial charge in [-0.15, -0.1) is 0 Å². The zero-order valence-corrected chi connectivity index (χ0v) is 32.9. The van der Waals surface area contributed by atoms with Gasteiger partial charge in [0.15, 0.2) is 5.71 Å². The van der Waals surface area contributed by atoms with E-state index in [0.717, 1.165) is 45.9 Å². The van der Waals surface area contributed by atoms with Gasteiger partial charge in [-0.1, -0.05) is 106 Å². The van der Waals surface area contributed by atoms with E-state index in [0.29, 0.717) is 11.1 Å². The molecule has 0 radical (unpaired) electrons. The molecule has 1 aliphatic rings. The second kappa shape index (κ2) is 23.3. The molecular formula is C43H58N2O6. The molecule has 8 nitrogen and oxygen atoms in total. The number of para-hydroxylation sites is 1. The van der Waals surface area contributed by atoms with Crippen molar-refractivity contribution in [3.8, 4) is 0 Å². The first-order valence-corrected chi connectivity index (χ1v) is 17.7. The number of hydrogen-bond donors (Lipinski definition) is 1. The van der Waals surface area contributed by atoms with E-state index in [1.807, 2.05) is 123 Å². The highest BCUT2D eigenvalue weighted by Crippen LogP contribution is 2.31. The van der Waals surface area contributed by atoms with E-state index in [1.165, 1.54) is 12.5 Å². The normalized spacial score (nSPS) is 14.2. The van der Waals surface area contributed by atoms with Gasteiger partial charge in [-0.3, -0.25) is 14.4 Å². The zero-order chi connectivity index (χ0) is 39.3. The van der Waals surface area contributed by atoms with Crippen LogP contribution in [0.25, 0.3) is 21.8 Å². The molecule has 0 spiro atoms. The highest BCUT2D eigenvalue weighted by molar-refractivity contribution is 6.51. The molecule has 8 heteroatoms. The predicted octanol–water partition coefficient (Wildman–Crippen LogP) is 10.8. The van der Waals surface area contributed by atoms with Crippen LogP contribution in [-0.2, 0) is 25.8 Å². The number of nitrogens with zero attached hydrogens (tertiary/aromatic N) is 2. The van der Waals surface area contributed by atoms with Crippen molar-refractivity contribution in [2.45, 2.75) is 103 Å². The maximum absolute atomic E-state index is 13.5. The van der Waals surface area contributed by atoms with Crippen LogP contribution in [0.3, 0.4) is 0 Å². The average molecular weight is 699 g/mol. The van der Waals surface area contributed by atoms with E-state index in [9.17, 15) is 14.4 Å². The maximum atomic E-state index is 13.5. The first-order valence-electron chi connectivity index (χ1n) is 17.7. The fourth-order valence-corrected chi connectivity index (χ4v) is 5.07. The number of Topliss-reactive ketones (excluding diaryl/α,β-unsaturated/α-hetero) is 2. The number of carbonyl (C=O) groups is 4. The number of carboxylic acid groups (broad SMARTS) is 1. The van der Waals surface area contributed by atoms with E-state index in [2.05, 4.69) is 41.8 Å². The summed E-state index contributed by atoms with van der Waals surface area (Å²) in [7, 11) is 0. The molecule has 1 aromatic heterocycles. The van der Waals surface area contributed by atoms with Gasteiger partial charge in [-0.25, -0.2) is 4.79 Å². The number of carbonyl (C=O) groups excluding carboxylic acids is 3. The molecule has 1 unspecified atom stereocenters. The minimum atomic E-state index is -0.572. The molecule has 51 heavy (non-hydrogen) atoms. The van der Waals surface area contributed by atoms with Gasteiger partial charge in [0.2, 0.25) is 5.78 Å². The van der Waals surface area contributed by atoms with Crippen LogP contribution in [0.2, 0.25) is 0 Å². The van der Waals surface area contributed by atoms with Gasteiger partial charge in [0.1, 0.15) is 5.78 Å². The second-order valence-electron chi connectivity index (χ2n) is 11.2. The summed E-state index contributed by atoms with van der Waals surface area (Å²) in [5, 5.41) is 12.9. The molecule has 0 saturated carbocycles. The lowest BCUT2D eigenvalue weighted by molar-refractivity contribution is -0.141. The summed E-state index contributed by atoms with van der Waals surface area (Å²) >= 11 is 0. The number of aromatic nitrogens is 1. The van der Waals surface area contributed by atoms with Crippen LogP contribution in [0.15, 0.2) is 89.6 Å². The molecule has 1 aliphatic carbocycles. The molecule has 0 aliphatic heterocycles. The topological polar surface area (TPSA) is 115 Å². The fourth-order valence-electron chi connectivity index (χ4n) is 5.07. The fraction of sp³-hybridized carbons (Fsp3) is 0.372. The third kappa shape index (κ3) is 12.6. The predicted molar refractivity (Wildman–Crippen MR) is 213 cm³/mol. The summed E-state index contributed by atoms with van der Waals surface area (Å²) in [6, 6.07) is 19.6. The highest BCUT2D eigenvalue weighted by Gasteiger charge is 2.26. The number of benzene rings is 3. The smallest absolute Gasteiger partial charge is 0.332 e. The lowest BCUT2D eigenvalue weighted by atomic mass is 9.79. The van der Waals surface area contributed by atoms with Crippen molar-refractivity contribution < 1.29 is 29.1 Å². The number of fused-ring (bicyclic) bond motifs is 3. The Labute approximate surface area is 304 Å². The van der Waals surface area contributed by atoms with E-state index in [1.54, 1.807) is 6.92 Å². The number of hydrogen-bond acceptors (Lipinski definition) is 6. The molecule has 1 N–H and O–H groups in total. The third-order valence-electron chi connectivity index (χ3n) is 7.85. The van der Waals surface area contributed by atoms with Crippen molar-refractivity contribution in [2.75, 3.05) is 0 Å². The second-order valence-corrected chi connectivity index (χ2v) is 11.2. The molecule has 0 amide bonds. The molecule has 5 rings (SSSR count). The van der Waals surface area contributed by atoms with Crippen LogP contribution in [0.1, 0.15) is 110 Å². The molecule has 0 bridgehead atoms. The van der Waals surface area contributed by atoms with E-state index in [4.69, 9.17) is 14.7 Å². The number of aryl methyl sites for hydroxylation is 3. The molecule has 1 atom stereocenters. The quantitative estimate of drug-likeness (QED) is 0.0704. The van der Waals surface area contributed by atoms with Crippen molar-refractivity contribution in [2.24, 2.45) is 10.6 Å². The molecular weight excluding hydrogens is 640 g/mol. The Morgan fingerprint density at radius 3 is 2.00 bits per heavy atom. The summed E-state index contributed by atoms with van der Waals surface area (Å²) in [6.07, 6.45) is 6.99. The van der Waals surface area contributed by atoms with Crippen LogP contribution in [0.5, 0.6) is 0 Å². The van der Waals surface area contributed by atoms with Gasteiger partial charge in [0, 0.05) is 51.8 Å². The SMILES string of the molecule is CC.CC.CC.CC(=O)C1(C)C=CC(C)=CC1.CCn1c2ccccc2c2cc(C(=O)/C(=N\OC(C)=O)c3cc(C)ccc3C)ccc21.O=CO. The zero-order valence-electron chi connectivity index (χ0n) is 32.9. The Hall–Kier alpha value is -5.11. The molecule has 0 saturated heterocycles. The van der Waals surface area contributed by atoms with Gasteiger partial charge < -0.3 is 14.5 Å². The molecule has 4 aromatic rings. The van der Waals surface area contributed by atoms with Gasteiger partial charge in [0.25, 0.3) is 6.47 Å². The van der Waals surface area contributed by atoms with Crippen LogP contribution in [-0.4, -0.2) is 39.4 Å². The van der Waals surface area contributed by atoms with Crippen molar-refractivity contribution in [1.29, 1.82) is 0 Å². The minimum Gasteiger partial charge on any atom is -0.483 e. The highest BCUT2D eigenvalue weighted by atomic mass is 16.7. The monoisotopic (exact) mass is 698 g/mol. The van der Waals surface area contributed by atoms with Crippen LogP contribution < -0.4 is 0 Å². The minimum absolute atomic E-state index is 0.120. The van der Waals surface area contributed by atoms with E-state index >= 15 is 0 Å². The Bertz CT molecular complexity index is 1840. The van der Waals surface area contributed by atoms with Gasteiger partial charge in [-0.2, -0.15) is 0 Å². The first kappa shape index (κ1) is 45.9. The standard InChI is InChI=1S/C26H24N2O3.C10H14O.3C2H6.CH2O2/c1-5-28-23-9-7-6-8-20(23)22-15-19(12-13-24(22)28)26(30)25(27-31-18(4)29)21-14-16(2)10-11-17(21)3;1-8-4-6-10(3,7-5-8)9(2)11;3*1-2;2-1-3/h6-15H,5H2,1-4H3;4-6H,7H2,1-3H3;3*1-2H3;1H,(H,2,3)/b27-25-;;;;;. The van der Waals surface area contributed by atoms with Gasteiger partial charge >= 0.3 is 5.97 Å². The third-order valence-corrected chi connectivity index (χ3v) is 7.85. The van der Waals surface area contributed by atoms with E-state index in [-0.39, 0.29) is 29.2 Å². The van der Waals surface area contributed by atoms with Crippen molar-refractivity contribution in [1.82, 2.24) is 4.57 Å².